The molecule has 0 spiro atoms. The van der Waals surface area contributed by atoms with Crippen LogP contribution in [-0.4, -0.2) is 26.6 Å². The van der Waals surface area contributed by atoms with E-state index in [1.807, 2.05) is 31.2 Å². The molecular weight excluding hydrogens is 355 g/mol. The summed E-state index contributed by atoms with van der Waals surface area (Å²) in [5.41, 5.74) is 2.51. The van der Waals surface area contributed by atoms with Crippen LogP contribution in [0.25, 0.3) is 0 Å². The lowest BCUT2D eigenvalue weighted by Gasteiger charge is -2.26. The highest BCUT2D eigenvalue weighted by Gasteiger charge is 2.32. The molecule has 2 unspecified atom stereocenters. The Morgan fingerprint density at radius 3 is 2.54 bits per heavy atom. The minimum Gasteiger partial charge on any atom is -0.309 e. The molecule has 0 radical (unpaired) electrons. The van der Waals surface area contributed by atoms with Crippen molar-refractivity contribution in [2.45, 2.75) is 31.8 Å². The van der Waals surface area contributed by atoms with Gasteiger partial charge in [0.15, 0.2) is 0 Å². The van der Waals surface area contributed by atoms with Crippen molar-refractivity contribution in [2.75, 3.05) is 11.2 Å². The number of fused-ring (bicyclic) bond motifs is 1. The number of nitrogens with zero attached hydrogens (tertiary/aromatic N) is 1. The first-order valence-electron chi connectivity index (χ1n) is 8.37. The lowest BCUT2D eigenvalue weighted by Crippen LogP contribution is -2.39. The number of amides is 1. The van der Waals surface area contributed by atoms with E-state index in [2.05, 4.69) is 4.72 Å². The van der Waals surface area contributed by atoms with Crippen LogP contribution < -0.4 is 9.62 Å². The number of nitrogens with one attached hydrogen (secondary N) is 1. The van der Waals surface area contributed by atoms with Crippen LogP contribution >= 0.6 is 0 Å². The van der Waals surface area contributed by atoms with Gasteiger partial charge in [-0.15, -0.1) is 0 Å². The van der Waals surface area contributed by atoms with Crippen LogP contribution in [0, 0.1) is 5.82 Å². The van der Waals surface area contributed by atoms with Gasteiger partial charge in [0.2, 0.25) is 15.9 Å². The summed E-state index contributed by atoms with van der Waals surface area (Å²) in [4.78, 5) is 14.7. The third kappa shape index (κ3) is 4.11. The molecule has 2 aromatic carbocycles. The normalized spacial score (nSPS) is 17.8. The van der Waals surface area contributed by atoms with Gasteiger partial charge in [-0.2, -0.15) is 0 Å². The fraction of sp³-hybridized carbons (Fsp3) is 0.316. The van der Waals surface area contributed by atoms with Gasteiger partial charge in [-0.05, 0) is 42.7 Å². The summed E-state index contributed by atoms with van der Waals surface area (Å²) >= 11 is 0. The molecule has 1 aliphatic heterocycles. The summed E-state index contributed by atoms with van der Waals surface area (Å²) in [5.74, 6) is -0.590. The second-order valence-electron chi connectivity index (χ2n) is 6.64. The first-order chi connectivity index (χ1) is 12.2. The zero-order valence-electron chi connectivity index (χ0n) is 14.6. The minimum atomic E-state index is -3.54. The standard InChI is InChI=1S/C19H21FN2O3S/c1-13-11-15-5-3-4-6-18(15)22(13)19(23)12-17(21-26(2,24)25)14-7-9-16(20)10-8-14/h3-10,13,17,21H,11-12H2,1-2H3. The van der Waals surface area contributed by atoms with Crippen LogP contribution in [0.15, 0.2) is 48.5 Å². The Morgan fingerprint density at radius 1 is 1.23 bits per heavy atom. The van der Waals surface area contributed by atoms with E-state index in [-0.39, 0.29) is 18.4 Å². The van der Waals surface area contributed by atoms with Gasteiger partial charge in [-0.1, -0.05) is 30.3 Å². The molecule has 0 saturated carbocycles. The number of anilines is 1. The lowest BCUT2D eigenvalue weighted by atomic mass is 10.0. The Balaban J connectivity index is 1.87. The molecule has 2 aromatic rings. The molecule has 2 atom stereocenters. The predicted molar refractivity (Wildman–Crippen MR) is 98.8 cm³/mol. The fourth-order valence-corrected chi connectivity index (χ4v) is 4.14. The van der Waals surface area contributed by atoms with Crippen molar-refractivity contribution in [3.63, 3.8) is 0 Å². The van der Waals surface area contributed by atoms with Crippen LogP contribution in [-0.2, 0) is 21.2 Å². The number of sulfonamides is 1. The van der Waals surface area contributed by atoms with Crippen molar-refractivity contribution in [1.82, 2.24) is 4.72 Å². The molecule has 1 heterocycles. The van der Waals surface area contributed by atoms with Crippen molar-refractivity contribution in [2.24, 2.45) is 0 Å². The van der Waals surface area contributed by atoms with E-state index in [4.69, 9.17) is 0 Å². The molecule has 3 rings (SSSR count). The van der Waals surface area contributed by atoms with Crippen LogP contribution in [0.3, 0.4) is 0 Å². The number of carbonyl (C=O) groups is 1. The topological polar surface area (TPSA) is 66.5 Å². The van der Waals surface area contributed by atoms with Crippen LogP contribution in [0.1, 0.15) is 30.5 Å². The third-order valence-electron chi connectivity index (χ3n) is 4.48. The highest BCUT2D eigenvalue weighted by atomic mass is 32.2. The van der Waals surface area contributed by atoms with Gasteiger partial charge >= 0.3 is 0 Å². The number of hydrogen-bond acceptors (Lipinski definition) is 3. The van der Waals surface area contributed by atoms with E-state index in [1.54, 1.807) is 4.90 Å². The van der Waals surface area contributed by atoms with Gasteiger partial charge in [0.1, 0.15) is 5.82 Å². The molecule has 1 amide bonds. The SMILES string of the molecule is CC1Cc2ccccc2N1C(=O)CC(NS(C)(=O)=O)c1ccc(F)cc1. The van der Waals surface area contributed by atoms with Crippen molar-refractivity contribution >= 4 is 21.6 Å². The molecule has 7 heteroatoms. The number of hydrogen-bond donors (Lipinski definition) is 1. The largest absolute Gasteiger partial charge is 0.309 e. The maximum atomic E-state index is 13.2. The van der Waals surface area contributed by atoms with Gasteiger partial charge in [0, 0.05) is 18.2 Å². The molecule has 0 bridgehead atoms. The fourth-order valence-electron chi connectivity index (χ4n) is 3.40. The number of carbonyl (C=O) groups excluding carboxylic acids is 1. The Morgan fingerprint density at radius 2 is 1.88 bits per heavy atom. The molecule has 0 fully saturated rings. The smallest absolute Gasteiger partial charge is 0.229 e. The zero-order chi connectivity index (χ0) is 18.9. The maximum Gasteiger partial charge on any atom is 0.229 e. The van der Waals surface area contributed by atoms with Crippen molar-refractivity contribution < 1.29 is 17.6 Å². The molecule has 0 aliphatic carbocycles. The molecule has 1 aliphatic rings. The Bertz CT molecular complexity index is 913. The van der Waals surface area contributed by atoms with E-state index >= 15 is 0 Å². The number of halogens is 1. The minimum absolute atomic E-state index is 0.00648. The van der Waals surface area contributed by atoms with E-state index in [0.717, 1.165) is 23.9 Å². The molecule has 26 heavy (non-hydrogen) atoms. The molecule has 1 N–H and O–H groups in total. The summed E-state index contributed by atoms with van der Waals surface area (Å²) in [7, 11) is -3.54. The second-order valence-corrected chi connectivity index (χ2v) is 8.42. The Labute approximate surface area is 152 Å². The monoisotopic (exact) mass is 376 g/mol. The molecule has 0 saturated heterocycles. The average molecular weight is 376 g/mol. The molecule has 5 nitrogen and oxygen atoms in total. The Kier molecular flexibility index (Phi) is 5.11. The van der Waals surface area contributed by atoms with E-state index in [1.165, 1.54) is 24.3 Å². The van der Waals surface area contributed by atoms with E-state index in [0.29, 0.717) is 5.56 Å². The summed E-state index contributed by atoms with van der Waals surface area (Å²) in [5, 5.41) is 0. The van der Waals surface area contributed by atoms with Crippen LogP contribution in [0.4, 0.5) is 10.1 Å². The van der Waals surface area contributed by atoms with Gasteiger partial charge in [0.05, 0.1) is 12.3 Å². The zero-order valence-corrected chi connectivity index (χ0v) is 15.5. The predicted octanol–water partition coefficient (Wildman–Crippen LogP) is 2.78. The molecule has 0 aromatic heterocycles. The van der Waals surface area contributed by atoms with Crippen LogP contribution in [0.5, 0.6) is 0 Å². The van der Waals surface area contributed by atoms with Crippen LogP contribution in [0.2, 0.25) is 0 Å². The molecular formula is C19H21FN2O3S. The van der Waals surface area contributed by atoms with Crippen molar-refractivity contribution in [3.05, 3.63) is 65.5 Å². The van der Waals surface area contributed by atoms with Crippen molar-refractivity contribution in [3.8, 4) is 0 Å². The van der Waals surface area contributed by atoms with Crippen molar-refractivity contribution in [1.29, 1.82) is 0 Å². The quantitative estimate of drug-likeness (QED) is 0.873. The lowest BCUT2D eigenvalue weighted by molar-refractivity contribution is -0.119. The first-order valence-corrected chi connectivity index (χ1v) is 10.3. The summed E-state index contributed by atoms with van der Waals surface area (Å²) in [6.07, 6.45) is 1.77. The highest BCUT2D eigenvalue weighted by Crippen LogP contribution is 2.33. The second kappa shape index (κ2) is 7.17. The Hall–Kier alpha value is -2.25. The van der Waals surface area contributed by atoms with Gasteiger partial charge in [-0.25, -0.2) is 17.5 Å². The highest BCUT2D eigenvalue weighted by molar-refractivity contribution is 7.88. The van der Waals surface area contributed by atoms with Gasteiger partial charge in [0.25, 0.3) is 0 Å². The van der Waals surface area contributed by atoms with E-state index in [9.17, 15) is 17.6 Å². The third-order valence-corrected chi connectivity index (χ3v) is 5.20. The number of rotatable bonds is 5. The average Bonchev–Trinajstić information content (AvgIpc) is 2.89. The number of benzene rings is 2. The maximum absolute atomic E-state index is 13.2. The first kappa shape index (κ1) is 18.5. The van der Waals surface area contributed by atoms with Gasteiger partial charge in [-0.3, -0.25) is 4.79 Å². The summed E-state index contributed by atoms with van der Waals surface area (Å²) in [6, 6.07) is 12.5. The van der Waals surface area contributed by atoms with E-state index < -0.39 is 21.9 Å². The number of para-hydroxylation sites is 1. The van der Waals surface area contributed by atoms with Gasteiger partial charge < -0.3 is 4.90 Å². The molecule has 138 valence electrons. The summed E-state index contributed by atoms with van der Waals surface area (Å²) in [6.45, 7) is 1.97. The summed E-state index contributed by atoms with van der Waals surface area (Å²) < 4.78 is 39.2.